The Hall–Kier alpha value is -2.34. The number of anilines is 2. The van der Waals surface area contributed by atoms with Crippen molar-refractivity contribution in [3.05, 3.63) is 52.7 Å². The number of benzene rings is 1. The van der Waals surface area contributed by atoms with Crippen molar-refractivity contribution in [1.82, 2.24) is 4.98 Å². The smallest absolute Gasteiger partial charge is 0.151 e. The number of pyridine rings is 1. The molecule has 0 saturated heterocycles. The highest BCUT2D eigenvalue weighted by molar-refractivity contribution is 5.70. The van der Waals surface area contributed by atoms with Gasteiger partial charge in [-0.2, -0.15) is 5.26 Å². The Morgan fingerprint density at radius 3 is 2.85 bits per heavy atom. The summed E-state index contributed by atoms with van der Waals surface area (Å²) in [5.41, 5.74) is 5.17. The van der Waals surface area contributed by atoms with Gasteiger partial charge in [0.25, 0.3) is 0 Å². The molecule has 1 aromatic carbocycles. The number of hydrogen-bond acceptors (Lipinski definition) is 3. The van der Waals surface area contributed by atoms with Crippen molar-refractivity contribution in [2.75, 3.05) is 11.4 Å². The van der Waals surface area contributed by atoms with Crippen LogP contribution in [0.15, 0.2) is 30.3 Å². The quantitative estimate of drug-likeness (QED) is 0.788. The molecule has 0 amide bonds. The first-order chi connectivity index (χ1) is 9.70. The molecule has 1 aliphatic rings. The lowest BCUT2D eigenvalue weighted by Crippen LogP contribution is -2.26. The van der Waals surface area contributed by atoms with E-state index < -0.39 is 0 Å². The minimum absolute atomic E-state index is 0.687. The van der Waals surface area contributed by atoms with Crippen LogP contribution in [0.1, 0.15) is 28.8 Å². The summed E-state index contributed by atoms with van der Waals surface area (Å²) in [7, 11) is 0. The lowest BCUT2D eigenvalue weighted by atomic mass is 10.0. The first kappa shape index (κ1) is 12.7. The molecule has 0 N–H and O–H groups in total. The summed E-state index contributed by atoms with van der Waals surface area (Å²) < 4.78 is 0. The lowest BCUT2D eigenvalue weighted by molar-refractivity contribution is 0.757. The maximum atomic E-state index is 9.45. The summed E-state index contributed by atoms with van der Waals surface area (Å²) in [6, 6.07) is 12.7. The highest BCUT2D eigenvalue weighted by atomic mass is 15.2. The zero-order chi connectivity index (χ0) is 14.1. The van der Waals surface area contributed by atoms with Crippen molar-refractivity contribution in [3.8, 4) is 6.07 Å². The first-order valence-corrected chi connectivity index (χ1v) is 6.94. The van der Waals surface area contributed by atoms with Crippen LogP contribution < -0.4 is 4.90 Å². The van der Waals surface area contributed by atoms with E-state index in [4.69, 9.17) is 0 Å². The van der Waals surface area contributed by atoms with E-state index in [1.807, 2.05) is 26.0 Å². The topological polar surface area (TPSA) is 39.9 Å². The number of para-hydroxylation sites is 1. The number of fused-ring (bicyclic) bond motifs is 1. The van der Waals surface area contributed by atoms with E-state index in [9.17, 15) is 5.26 Å². The van der Waals surface area contributed by atoms with Gasteiger partial charge in [0, 0.05) is 17.9 Å². The van der Waals surface area contributed by atoms with Gasteiger partial charge in [0.2, 0.25) is 0 Å². The SMILES string of the molecule is Cc1cc(C)c(C#N)c(N2CCCc3ccccc32)n1. The number of nitrogens with zero attached hydrogens (tertiary/aromatic N) is 3. The van der Waals surface area contributed by atoms with Gasteiger partial charge in [0.15, 0.2) is 5.82 Å². The van der Waals surface area contributed by atoms with Crippen molar-refractivity contribution >= 4 is 11.5 Å². The van der Waals surface area contributed by atoms with Gasteiger partial charge in [0.1, 0.15) is 6.07 Å². The minimum Gasteiger partial charge on any atom is -0.325 e. The molecule has 0 radical (unpaired) electrons. The Bertz CT molecular complexity index is 698. The standard InChI is InChI=1S/C17H17N3/c1-12-10-13(2)19-17(15(12)11-18)20-9-5-7-14-6-3-4-8-16(14)20/h3-4,6,8,10H,5,7,9H2,1-2H3. The molecule has 0 bridgehead atoms. The molecule has 1 aliphatic heterocycles. The van der Waals surface area contributed by atoms with Crippen molar-refractivity contribution in [3.63, 3.8) is 0 Å². The van der Waals surface area contributed by atoms with E-state index >= 15 is 0 Å². The molecule has 0 atom stereocenters. The zero-order valence-corrected chi connectivity index (χ0v) is 11.8. The van der Waals surface area contributed by atoms with Gasteiger partial charge < -0.3 is 4.90 Å². The van der Waals surface area contributed by atoms with Crippen molar-refractivity contribution in [1.29, 1.82) is 5.26 Å². The predicted molar refractivity (Wildman–Crippen MR) is 80.2 cm³/mol. The molecule has 3 heteroatoms. The van der Waals surface area contributed by atoms with Crippen LogP contribution in [0.2, 0.25) is 0 Å². The fourth-order valence-electron chi connectivity index (χ4n) is 2.90. The Morgan fingerprint density at radius 2 is 2.05 bits per heavy atom. The largest absolute Gasteiger partial charge is 0.325 e. The van der Waals surface area contributed by atoms with Crippen LogP contribution in [0.25, 0.3) is 0 Å². The van der Waals surface area contributed by atoms with Gasteiger partial charge in [0.05, 0.1) is 5.56 Å². The number of aromatic nitrogens is 1. The van der Waals surface area contributed by atoms with Gasteiger partial charge >= 0.3 is 0 Å². The Balaban J connectivity index is 2.18. The molecule has 0 spiro atoms. The molecule has 2 aromatic rings. The second-order valence-corrected chi connectivity index (χ2v) is 5.27. The molecule has 0 fully saturated rings. The van der Waals surface area contributed by atoms with Crippen LogP contribution >= 0.6 is 0 Å². The lowest BCUT2D eigenvalue weighted by Gasteiger charge is -2.31. The predicted octanol–water partition coefficient (Wildman–Crippen LogP) is 3.65. The third-order valence-electron chi connectivity index (χ3n) is 3.80. The molecule has 0 aliphatic carbocycles. The second-order valence-electron chi connectivity index (χ2n) is 5.27. The van der Waals surface area contributed by atoms with Gasteiger partial charge in [-0.15, -0.1) is 0 Å². The molecular weight excluding hydrogens is 246 g/mol. The van der Waals surface area contributed by atoms with Gasteiger partial charge in [-0.1, -0.05) is 18.2 Å². The van der Waals surface area contributed by atoms with Crippen LogP contribution in [-0.4, -0.2) is 11.5 Å². The molecule has 3 nitrogen and oxygen atoms in total. The van der Waals surface area contributed by atoms with Crippen LogP contribution in [0, 0.1) is 25.2 Å². The molecule has 3 rings (SSSR count). The number of hydrogen-bond donors (Lipinski definition) is 0. The number of aryl methyl sites for hydroxylation is 3. The van der Waals surface area contributed by atoms with E-state index in [0.29, 0.717) is 5.56 Å². The van der Waals surface area contributed by atoms with E-state index in [0.717, 1.165) is 36.5 Å². The molecule has 2 heterocycles. The Kier molecular flexibility index (Phi) is 3.15. The zero-order valence-electron chi connectivity index (χ0n) is 11.8. The summed E-state index contributed by atoms with van der Waals surface area (Å²) in [4.78, 5) is 6.82. The third-order valence-corrected chi connectivity index (χ3v) is 3.80. The van der Waals surface area contributed by atoms with E-state index in [2.05, 4.69) is 34.2 Å². The highest BCUT2D eigenvalue weighted by Crippen LogP contribution is 2.34. The minimum atomic E-state index is 0.687. The Labute approximate surface area is 119 Å². The van der Waals surface area contributed by atoms with Crippen molar-refractivity contribution in [2.24, 2.45) is 0 Å². The van der Waals surface area contributed by atoms with E-state index in [1.165, 1.54) is 11.3 Å². The van der Waals surface area contributed by atoms with Gasteiger partial charge in [-0.05, 0) is 49.9 Å². The van der Waals surface area contributed by atoms with Crippen LogP contribution in [-0.2, 0) is 6.42 Å². The normalized spacial score (nSPS) is 13.8. The van der Waals surface area contributed by atoms with Crippen LogP contribution in [0.5, 0.6) is 0 Å². The van der Waals surface area contributed by atoms with Gasteiger partial charge in [-0.25, -0.2) is 4.98 Å². The fourth-order valence-corrected chi connectivity index (χ4v) is 2.90. The highest BCUT2D eigenvalue weighted by Gasteiger charge is 2.22. The monoisotopic (exact) mass is 263 g/mol. The molecular formula is C17H17N3. The maximum Gasteiger partial charge on any atom is 0.151 e. The van der Waals surface area contributed by atoms with Crippen LogP contribution in [0.3, 0.4) is 0 Å². The van der Waals surface area contributed by atoms with Crippen molar-refractivity contribution < 1.29 is 0 Å². The molecule has 100 valence electrons. The fraction of sp³-hybridized carbons (Fsp3) is 0.294. The molecule has 1 aromatic heterocycles. The molecule has 0 unspecified atom stereocenters. The summed E-state index contributed by atoms with van der Waals surface area (Å²) in [5.74, 6) is 0.803. The van der Waals surface area contributed by atoms with E-state index in [-0.39, 0.29) is 0 Å². The number of rotatable bonds is 1. The van der Waals surface area contributed by atoms with E-state index in [1.54, 1.807) is 0 Å². The first-order valence-electron chi connectivity index (χ1n) is 6.94. The number of nitriles is 1. The summed E-state index contributed by atoms with van der Waals surface area (Å²) in [6.07, 6.45) is 2.19. The van der Waals surface area contributed by atoms with Gasteiger partial charge in [-0.3, -0.25) is 0 Å². The summed E-state index contributed by atoms with van der Waals surface area (Å²) >= 11 is 0. The molecule has 0 saturated carbocycles. The van der Waals surface area contributed by atoms with Crippen LogP contribution in [0.4, 0.5) is 11.5 Å². The average molecular weight is 263 g/mol. The summed E-state index contributed by atoms with van der Waals surface area (Å²) in [5, 5.41) is 9.45. The third kappa shape index (κ3) is 2.04. The van der Waals surface area contributed by atoms with Crippen molar-refractivity contribution in [2.45, 2.75) is 26.7 Å². The average Bonchev–Trinajstić information content (AvgIpc) is 2.46. The second kappa shape index (κ2) is 4.97. The maximum absolute atomic E-state index is 9.45. The molecule has 20 heavy (non-hydrogen) atoms. The summed E-state index contributed by atoms with van der Waals surface area (Å²) in [6.45, 7) is 4.88. The Morgan fingerprint density at radius 1 is 1.25 bits per heavy atom.